The number of halogens is 3. The molecule has 1 aliphatic rings. The average Bonchev–Trinajstić information content (AvgIpc) is 2.74. The Morgan fingerprint density at radius 2 is 2.15 bits per heavy atom. The first-order chi connectivity index (χ1) is 9.36. The normalized spacial score (nSPS) is 23.0. The molecule has 0 radical (unpaired) electrons. The van der Waals surface area contributed by atoms with E-state index < -0.39 is 11.6 Å². The maximum atomic E-state index is 14.1. The van der Waals surface area contributed by atoms with E-state index in [-0.39, 0.29) is 27.9 Å². The summed E-state index contributed by atoms with van der Waals surface area (Å²) in [7, 11) is 0. The van der Waals surface area contributed by atoms with Crippen LogP contribution >= 0.6 is 15.9 Å². The summed E-state index contributed by atoms with van der Waals surface area (Å²) in [6, 6.07) is 2.56. The molecule has 2 unspecified atom stereocenters. The molecule has 20 heavy (non-hydrogen) atoms. The van der Waals surface area contributed by atoms with Crippen LogP contribution in [0.2, 0.25) is 0 Å². The highest BCUT2D eigenvalue weighted by atomic mass is 79.9. The molecular weight excluding hydrogens is 326 g/mol. The van der Waals surface area contributed by atoms with E-state index in [0.29, 0.717) is 5.92 Å². The van der Waals surface area contributed by atoms with Crippen molar-refractivity contribution in [3.8, 4) is 0 Å². The van der Waals surface area contributed by atoms with Crippen molar-refractivity contribution in [1.82, 2.24) is 5.43 Å². The number of rotatable bonds is 4. The molecule has 1 saturated carbocycles. The molecule has 2 rings (SSSR count). The number of benzene rings is 1. The van der Waals surface area contributed by atoms with E-state index in [1.807, 2.05) is 0 Å². The van der Waals surface area contributed by atoms with Crippen LogP contribution in [0.25, 0.3) is 0 Å². The van der Waals surface area contributed by atoms with Crippen molar-refractivity contribution >= 4 is 15.9 Å². The average molecular weight is 347 g/mol. The summed E-state index contributed by atoms with van der Waals surface area (Å²) in [5.74, 6) is 4.94. The Morgan fingerprint density at radius 3 is 2.70 bits per heavy atom. The Labute approximate surface area is 127 Å². The molecule has 1 aromatic carbocycles. The fourth-order valence-electron chi connectivity index (χ4n) is 3.39. The molecule has 0 saturated heterocycles. The zero-order valence-corrected chi connectivity index (χ0v) is 13.4. The second-order valence-corrected chi connectivity index (χ2v) is 7.14. The van der Waals surface area contributed by atoms with Crippen LogP contribution < -0.4 is 11.3 Å². The minimum Gasteiger partial charge on any atom is -0.271 e. The summed E-state index contributed by atoms with van der Waals surface area (Å²) in [6.45, 7) is 4.39. The van der Waals surface area contributed by atoms with Gasteiger partial charge in [-0.1, -0.05) is 20.3 Å². The zero-order chi connectivity index (χ0) is 14.9. The van der Waals surface area contributed by atoms with Gasteiger partial charge in [0.25, 0.3) is 0 Å². The fraction of sp³-hybridized carbons (Fsp3) is 0.600. The van der Waals surface area contributed by atoms with E-state index >= 15 is 0 Å². The lowest BCUT2D eigenvalue weighted by atomic mass is 9.76. The fourth-order valence-corrected chi connectivity index (χ4v) is 3.76. The number of hydrogen-bond donors (Lipinski definition) is 2. The van der Waals surface area contributed by atoms with Crippen molar-refractivity contribution in [1.29, 1.82) is 0 Å². The van der Waals surface area contributed by atoms with Crippen LogP contribution in [0.4, 0.5) is 8.78 Å². The van der Waals surface area contributed by atoms with E-state index in [0.717, 1.165) is 19.3 Å². The molecule has 3 N–H and O–H groups in total. The van der Waals surface area contributed by atoms with Crippen molar-refractivity contribution in [2.45, 2.75) is 45.6 Å². The van der Waals surface area contributed by atoms with Gasteiger partial charge in [0.1, 0.15) is 11.6 Å². The first-order valence-corrected chi connectivity index (χ1v) is 7.74. The third-order valence-electron chi connectivity index (χ3n) is 4.60. The molecule has 5 heteroatoms. The minimum atomic E-state index is -0.527. The summed E-state index contributed by atoms with van der Waals surface area (Å²) in [6.07, 6.45) is 3.57. The number of hydrazine groups is 1. The Morgan fingerprint density at radius 1 is 1.45 bits per heavy atom. The van der Waals surface area contributed by atoms with E-state index in [9.17, 15) is 8.78 Å². The lowest BCUT2D eigenvalue weighted by Gasteiger charge is -2.34. The smallest absolute Gasteiger partial charge is 0.143 e. The van der Waals surface area contributed by atoms with Gasteiger partial charge in [-0.3, -0.25) is 11.3 Å². The first-order valence-electron chi connectivity index (χ1n) is 6.95. The predicted octanol–water partition coefficient (Wildman–Crippen LogP) is 3.93. The minimum absolute atomic E-state index is 0.102. The lowest BCUT2D eigenvalue weighted by Crippen LogP contribution is -2.46. The zero-order valence-electron chi connectivity index (χ0n) is 11.8. The van der Waals surface area contributed by atoms with Crippen LogP contribution in [0, 0.1) is 23.0 Å². The Hall–Kier alpha value is -0.520. The van der Waals surface area contributed by atoms with Crippen LogP contribution in [0.5, 0.6) is 0 Å². The predicted molar refractivity (Wildman–Crippen MR) is 80.0 cm³/mol. The summed E-state index contributed by atoms with van der Waals surface area (Å²) < 4.78 is 28.2. The molecular formula is C15H21BrF2N2. The summed E-state index contributed by atoms with van der Waals surface area (Å²) in [4.78, 5) is 0. The number of nitrogens with two attached hydrogens (primary N) is 1. The molecule has 0 aromatic heterocycles. The molecule has 0 amide bonds. The molecule has 112 valence electrons. The van der Waals surface area contributed by atoms with Gasteiger partial charge in [-0.2, -0.15) is 0 Å². The van der Waals surface area contributed by atoms with E-state index in [1.165, 1.54) is 12.1 Å². The summed E-state index contributed by atoms with van der Waals surface area (Å²) in [5, 5.41) is 0. The van der Waals surface area contributed by atoms with Gasteiger partial charge < -0.3 is 0 Å². The summed E-state index contributed by atoms with van der Waals surface area (Å²) >= 11 is 3.10. The van der Waals surface area contributed by atoms with Gasteiger partial charge in [-0.15, -0.1) is 0 Å². The topological polar surface area (TPSA) is 38.0 Å². The van der Waals surface area contributed by atoms with Gasteiger partial charge in [0, 0.05) is 11.6 Å². The molecule has 0 heterocycles. The molecule has 1 aliphatic carbocycles. The van der Waals surface area contributed by atoms with Gasteiger partial charge in [0.2, 0.25) is 0 Å². The maximum absolute atomic E-state index is 14.1. The molecule has 0 aliphatic heterocycles. The van der Waals surface area contributed by atoms with Crippen LogP contribution in [0.1, 0.15) is 38.7 Å². The Balaban J connectivity index is 2.25. The highest BCUT2D eigenvalue weighted by Gasteiger charge is 2.39. The van der Waals surface area contributed by atoms with Gasteiger partial charge in [0.15, 0.2) is 0 Å². The lowest BCUT2D eigenvalue weighted by molar-refractivity contribution is 0.194. The van der Waals surface area contributed by atoms with Crippen LogP contribution in [0.15, 0.2) is 16.6 Å². The number of hydrogen-bond acceptors (Lipinski definition) is 2. The third kappa shape index (κ3) is 3.05. The molecule has 1 fully saturated rings. The van der Waals surface area contributed by atoms with Crippen molar-refractivity contribution in [3.05, 3.63) is 33.8 Å². The highest BCUT2D eigenvalue weighted by molar-refractivity contribution is 9.10. The molecule has 0 spiro atoms. The highest BCUT2D eigenvalue weighted by Crippen LogP contribution is 2.45. The molecule has 2 atom stereocenters. The molecule has 0 bridgehead atoms. The van der Waals surface area contributed by atoms with E-state index in [1.54, 1.807) is 0 Å². The van der Waals surface area contributed by atoms with E-state index in [4.69, 9.17) is 5.84 Å². The van der Waals surface area contributed by atoms with Crippen molar-refractivity contribution < 1.29 is 8.78 Å². The monoisotopic (exact) mass is 346 g/mol. The summed E-state index contributed by atoms with van der Waals surface area (Å²) in [5.41, 5.74) is 3.02. The van der Waals surface area contributed by atoms with Gasteiger partial charge >= 0.3 is 0 Å². The third-order valence-corrected chi connectivity index (χ3v) is 5.22. The largest absolute Gasteiger partial charge is 0.271 e. The van der Waals surface area contributed by atoms with Gasteiger partial charge in [-0.05, 0) is 58.7 Å². The standard InChI is InChI=1S/C15H21BrF2N2/c1-15(2)7-3-4-10(15)13(20-19)8-9-12(17)6-5-11(16)14(9)18/h5-6,10,13,20H,3-4,7-8,19H2,1-2H3. The van der Waals surface area contributed by atoms with Crippen LogP contribution in [0.3, 0.4) is 0 Å². The van der Waals surface area contributed by atoms with Crippen LogP contribution in [-0.4, -0.2) is 6.04 Å². The maximum Gasteiger partial charge on any atom is 0.143 e. The van der Waals surface area contributed by atoms with Crippen molar-refractivity contribution in [2.24, 2.45) is 17.2 Å². The molecule has 1 aromatic rings. The first kappa shape index (κ1) is 15.9. The second-order valence-electron chi connectivity index (χ2n) is 6.29. The van der Waals surface area contributed by atoms with Gasteiger partial charge in [0.05, 0.1) is 4.47 Å². The SMILES string of the molecule is CC1(C)CCCC1C(Cc1c(F)ccc(Br)c1F)NN. The van der Waals surface area contributed by atoms with Crippen molar-refractivity contribution in [2.75, 3.05) is 0 Å². The molecule has 2 nitrogen and oxygen atoms in total. The van der Waals surface area contributed by atoms with Crippen molar-refractivity contribution in [3.63, 3.8) is 0 Å². The van der Waals surface area contributed by atoms with E-state index in [2.05, 4.69) is 35.2 Å². The Bertz CT molecular complexity index is 491. The Kier molecular flexibility index (Phi) is 4.82. The second kappa shape index (κ2) is 6.08. The number of nitrogens with one attached hydrogen (secondary N) is 1. The quantitative estimate of drug-likeness (QED) is 0.492. The van der Waals surface area contributed by atoms with Crippen LogP contribution in [-0.2, 0) is 6.42 Å². The van der Waals surface area contributed by atoms with Gasteiger partial charge in [-0.25, -0.2) is 8.78 Å².